The van der Waals surface area contributed by atoms with E-state index in [0.29, 0.717) is 12.8 Å². The van der Waals surface area contributed by atoms with Crippen molar-refractivity contribution in [1.29, 1.82) is 0 Å². The molecule has 0 aliphatic heterocycles. The largest absolute Gasteiger partial charge is 0.398 e. The Morgan fingerprint density at radius 2 is 2.00 bits per heavy atom. The van der Waals surface area contributed by atoms with Crippen molar-refractivity contribution >= 4 is 38.9 Å². The molecule has 1 aromatic carbocycles. The Morgan fingerprint density at radius 3 is 2.42 bits per heavy atom. The highest BCUT2D eigenvalue weighted by atomic mass is 35.5. The highest BCUT2D eigenvalue weighted by Gasteiger charge is 2.41. The first-order valence-electron chi connectivity index (χ1n) is 5.69. The Balaban J connectivity index is 2.40. The van der Waals surface area contributed by atoms with Crippen molar-refractivity contribution in [3.63, 3.8) is 0 Å². The second-order valence-electron chi connectivity index (χ2n) is 4.70. The van der Waals surface area contributed by atoms with Gasteiger partial charge in [-0.2, -0.15) is 0 Å². The van der Waals surface area contributed by atoms with Crippen LogP contribution in [0.2, 0.25) is 10.0 Å². The molecule has 1 saturated carbocycles. The lowest BCUT2D eigenvalue weighted by molar-refractivity contribution is 0.111. The summed E-state index contributed by atoms with van der Waals surface area (Å²) in [5.41, 5.74) is 4.86. The third-order valence-corrected chi connectivity index (χ3v) is 5.59. The molecular formula is C11H14Cl2N2O3S. The highest BCUT2D eigenvalue weighted by molar-refractivity contribution is 7.89. The molecule has 0 saturated heterocycles. The van der Waals surface area contributed by atoms with Gasteiger partial charge in [0, 0.05) is 5.02 Å². The van der Waals surface area contributed by atoms with Crippen LogP contribution in [0.25, 0.3) is 0 Å². The molecule has 0 spiro atoms. The molecule has 1 fully saturated rings. The molecule has 0 unspecified atom stereocenters. The zero-order valence-electron chi connectivity index (χ0n) is 9.99. The highest BCUT2D eigenvalue weighted by Crippen LogP contribution is 2.36. The maximum Gasteiger partial charge on any atom is 0.244 e. The summed E-state index contributed by atoms with van der Waals surface area (Å²) in [4.78, 5) is -0.196. The molecule has 0 amide bonds. The molecule has 1 aliphatic carbocycles. The van der Waals surface area contributed by atoms with E-state index in [4.69, 9.17) is 28.9 Å². The first-order chi connectivity index (χ1) is 8.80. The van der Waals surface area contributed by atoms with Gasteiger partial charge in [0.15, 0.2) is 0 Å². The molecule has 0 aromatic heterocycles. The number of nitrogens with two attached hydrogens (primary N) is 1. The van der Waals surface area contributed by atoms with Gasteiger partial charge in [-0.05, 0) is 31.4 Å². The molecule has 106 valence electrons. The normalized spacial score (nSPS) is 18.1. The van der Waals surface area contributed by atoms with Crippen LogP contribution in [-0.2, 0) is 10.0 Å². The van der Waals surface area contributed by atoms with E-state index in [0.717, 1.165) is 6.42 Å². The molecule has 2 rings (SSSR count). The van der Waals surface area contributed by atoms with Crippen LogP contribution in [0.3, 0.4) is 0 Å². The minimum Gasteiger partial charge on any atom is -0.398 e. The van der Waals surface area contributed by atoms with Crippen LogP contribution in [0.4, 0.5) is 5.69 Å². The number of anilines is 1. The maximum atomic E-state index is 12.3. The lowest BCUT2D eigenvalue weighted by Crippen LogP contribution is -2.56. The van der Waals surface area contributed by atoms with Gasteiger partial charge in [0.1, 0.15) is 4.90 Å². The van der Waals surface area contributed by atoms with Gasteiger partial charge >= 0.3 is 0 Å². The van der Waals surface area contributed by atoms with Gasteiger partial charge in [0.05, 0.1) is 22.9 Å². The Labute approximate surface area is 121 Å². The smallest absolute Gasteiger partial charge is 0.244 e. The molecule has 0 atom stereocenters. The van der Waals surface area contributed by atoms with Crippen molar-refractivity contribution in [3.05, 3.63) is 22.2 Å². The maximum absolute atomic E-state index is 12.3. The van der Waals surface area contributed by atoms with E-state index in [-0.39, 0.29) is 27.2 Å². The van der Waals surface area contributed by atoms with E-state index in [9.17, 15) is 13.5 Å². The van der Waals surface area contributed by atoms with Gasteiger partial charge in [0.25, 0.3) is 0 Å². The second kappa shape index (κ2) is 5.10. The molecule has 19 heavy (non-hydrogen) atoms. The van der Waals surface area contributed by atoms with Crippen molar-refractivity contribution in [2.24, 2.45) is 0 Å². The minimum absolute atomic E-state index is 0.0163. The van der Waals surface area contributed by atoms with E-state index in [2.05, 4.69) is 4.72 Å². The lowest BCUT2D eigenvalue weighted by Gasteiger charge is -2.40. The Morgan fingerprint density at radius 1 is 1.37 bits per heavy atom. The van der Waals surface area contributed by atoms with Crippen LogP contribution in [0.15, 0.2) is 17.0 Å². The van der Waals surface area contributed by atoms with Gasteiger partial charge in [-0.25, -0.2) is 13.1 Å². The van der Waals surface area contributed by atoms with Crippen LogP contribution >= 0.6 is 23.2 Å². The average molecular weight is 325 g/mol. The number of halogens is 2. The summed E-state index contributed by atoms with van der Waals surface area (Å²) >= 11 is 11.7. The first kappa shape index (κ1) is 14.9. The van der Waals surface area contributed by atoms with Crippen LogP contribution in [0, 0.1) is 0 Å². The third-order valence-electron chi connectivity index (χ3n) is 3.27. The van der Waals surface area contributed by atoms with E-state index in [1.165, 1.54) is 12.1 Å². The summed E-state index contributed by atoms with van der Waals surface area (Å²) in [5, 5.41) is 9.55. The fourth-order valence-electron chi connectivity index (χ4n) is 2.10. The van der Waals surface area contributed by atoms with Crippen LogP contribution in [0.1, 0.15) is 19.3 Å². The number of hydrogen-bond donors (Lipinski definition) is 3. The van der Waals surface area contributed by atoms with Crippen LogP contribution in [0.5, 0.6) is 0 Å². The van der Waals surface area contributed by atoms with Crippen LogP contribution < -0.4 is 10.5 Å². The number of benzene rings is 1. The van der Waals surface area contributed by atoms with Crippen LogP contribution in [-0.4, -0.2) is 25.7 Å². The minimum atomic E-state index is -3.89. The van der Waals surface area contributed by atoms with Gasteiger partial charge in [-0.3, -0.25) is 0 Å². The summed E-state index contributed by atoms with van der Waals surface area (Å²) in [6.45, 7) is -0.253. The van der Waals surface area contributed by atoms with Crippen molar-refractivity contribution in [1.82, 2.24) is 4.72 Å². The molecule has 0 bridgehead atoms. The average Bonchev–Trinajstić information content (AvgIpc) is 2.21. The fourth-order valence-corrected chi connectivity index (χ4v) is 4.54. The predicted octanol–water partition coefficient (Wildman–Crippen LogP) is 1.77. The van der Waals surface area contributed by atoms with Crippen molar-refractivity contribution < 1.29 is 13.5 Å². The molecule has 0 heterocycles. The summed E-state index contributed by atoms with van der Waals surface area (Å²) in [5.74, 6) is 0. The van der Waals surface area contributed by atoms with E-state index >= 15 is 0 Å². The SMILES string of the molecule is Nc1cc(Cl)cc(Cl)c1S(=O)(=O)NC1(CO)CCC1. The van der Waals surface area contributed by atoms with Gasteiger partial charge in [-0.1, -0.05) is 23.2 Å². The van der Waals surface area contributed by atoms with Gasteiger partial charge in [-0.15, -0.1) is 0 Å². The van der Waals surface area contributed by atoms with Crippen molar-refractivity contribution in [2.75, 3.05) is 12.3 Å². The zero-order valence-corrected chi connectivity index (χ0v) is 12.3. The third kappa shape index (κ3) is 2.83. The molecule has 8 heteroatoms. The molecular weight excluding hydrogens is 311 g/mol. The summed E-state index contributed by atoms with van der Waals surface area (Å²) < 4.78 is 27.1. The number of hydrogen-bond acceptors (Lipinski definition) is 4. The number of aliphatic hydroxyl groups excluding tert-OH is 1. The molecule has 5 nitrogen and oxygen atoms in total. The second-order valence-corrected chi connectivity index (χ2v) is 7.17. The summed E-state index contributed by atoms with van der Waals surface area (Å²) in [7, 11) is -3.89. The van der Waals surface area contributed by atoms with E-state index in [1.54, 1.807) is 0 Å². The number of nitrogen functional groups attached to an aromatic ring is 1. The predicted molar refractivity (Wildman–Crippen MR) is 74.9 cm³/mol. The fraction of sp³-hybridized carbons (Fsp3) is 0.455. The van der Waals surface area contributed by atoms with Crippen molar-refractivity contribution in [2.45, 2.75) is 29.7 Å². The summed E-state index contributed by atoms with van der Waals surface area (Å²) in [6.07, 6.45) is 2.05. The lowest BCUT2D eigenvalue weighted by atomic mass is 9.78. The number of aliphatic hydroxyl groups is 1. The number of nitrogens with one attached hydrogen (secondary N) is 1. The van der Waals surface area contributed by atoms with Gasteiger partial charge < -0.3 is 10.8 Å². The zero-order chi connectivity index (χ0) is 14.3. The first-order valence-corrected chi connectivity index (χ1v) is 7.93. The number of rotatable bonds is 4. The molecule has 1 aromatic rings. The molecule has 1 aliphatic rings. The van der Waals surface area contributed by atoms with Crippen molar-refractivity contribution in [3.8, 4) is 0 Å². The molecule has 4 N–H and O–H groups in total. The topological polar surface area (TPSA) is 92.4 Å². The Kier molecular flexibility index (Phi) is 3.99. The number of sulfonamides is 1. The quantitative estimate of drug-likeness (QED) is 0.736. The monoisotopic (exact) mass is 324 g/mol. The van der Waals surface area contributed by atoms with Gasteiger partial charge in [0.2, 0.25) is 10.0 Å². The standard InChI is InChI=1S/C11H14Cl2N2O3S/c12-7-4-8(13)10(9(14)5-7)19(17,18)15-11(6-16)2-1-3-11/h4-5,15-16H,1-3,6,14H2. The molecule has 0 radical (unpaired) electrons. The van der Waals surface area contributed by atoms with E-state index in [1.807, 2.05) is 0 Å². The van der Waals surface area contributed by atoms with E-state index < -0.39 is 15.6 Å². The summed E-state index contributed by atoms with van der Waals surface area (Å²) in [6, 6.07) is 2.65. The Hall–Kier alpha value is -0.530. The Bertz CT molecular complexity index is 571.